The molecule has 0 radical (unpaired) electrons. The highest BCUT2D eigenvalue weighted by atomic mass is 16.2. The molecule has 1 N–H and O–H groups in total. The van der Waals surface area contributed by atoms with Gasteiger partial charge >= 0.3 is 0 Å². The number of aromatic nitrogens is 2. The molecule has 0 spiro atoms. The van der Waals surface area contributed by atoms with Crippen molar-refractivity contribution in [3.63, 3.8) is 0 Å². The molecule has 1 aromatic heterocycles. The molecule has 5 nitrogen and oxygen atoms in total. The lowest BCUT2D eigenvalue weighted by atomic mass is 9.96. The smallest absolute Gasteiger partial charge is 0.260 e. The Morgan fingerprint density at radius 1 is 1.45 bits per heavy atom. The minimum atomic E-state index is -0.131. The van der Waals surface area contributed by atoms with E-state index in [1.54, 1.807) is 0 Å². The molecule has 1 aromatic carbocycles. The number of para-hydroxylation sites is 2. The second-order valence-electron chi connectivity index (χ2n) is 5.59. The fraction of sp³-hybridized carbons (Fsp3) is 0.353. The SMILES string of the molecule is Cc1nc2ccccc2n1CC(=O)N/N=C\[C@@H]1CC=CCC1. The fourth-order valence-corrected chi connectivity index (χ4v) is 2.74. The standard InChI is InChI=1S/C17H20N4O/c1-13-19-15-9-5-6-10-16(15)21(13)12-17(22)20-18-11-14-7-3-2-4-8-14/h2-3,5-6,9-11,14H,4,7-8,12H2,1H3,(H,20,22)/b18-11-/t14-/m1/s1. The molecular formula is C17H20N4O. The van der Waals surface area contributed by atoms with Crippen LogP contribution >= 0.6 is 0 Å². The number of rotatable bonds is 4. The van der Waals surface area contributed by atoms with Crippen LogP contribution < -0.4 is 5.43 Å². The predicted octanol–water partition coefficient (Wildman–Crippen LogP) is 2.80. The Morgan fingerprint density at radius 2 is 2.32 bits per heavy atom. The van der Waals surface area contributed by atoms with Gasteiger partial charge in [-0.2, -0.15) is 5.10 Å². The van der Waals surface area contributed by atoms with E-state index in [-0.39, 0.29) is 12.5 Å². The summed E-state index contributed by atoms with van der Waals surface area (Å²) in [4.78, 5) is 16.5. The molecule has 0 bridgehead atoms. The van der Waals surface area contributed by atoms with Gasteiger partial charge in [0.05, 0.1) is 11.0 Å². The Hall–Kier alpha value is -2.43. The van der Waals surface area contributed by atoms with Gasteiger partial charge in [-0.1, -0.05) is 24.3 Å². The summed E-state index contributed by atoms with van der Waals surface area (Å²) in [5.41, 5.74) is 4.49. The fourth-order valence-electron chi connectivity index (χ4n) is 2.74. The van der Waals surface area contributed by atoms with Crippen LogP contribution in [0.15, 0.2) is 41.5 Å². The third-order valence-corrected chi connectivity index (χ3v) is 3.93. The maximum Gasteiger partial charge on any atom is 0.260 e. The first kappa shape index (κ1) is 14.5. The van der Waals surface area contributed by atoms with Crippen molar-refractivity contribution >= 4 is 23.2 Å². The van der Waals surface area contributed by atoms with Crippen molar-refractivity contribution in [3.05, 3.63) is 42.2 Å². The number of hydrogen-bond donors (Lipinski definition) is 1. The largest absolute Gasteiger partial charge is 0.319 e. The molecular weight excluding hydrogens is 276 g/mol. The molecule has 1 aliphatic carbocycles. The zero-order chi connectivity index (χ0) is 15.4. The van der Waals surface area contributed by atoms with Crippen molar-refractivity contribution in [2.75, 3.05) is 0 Å². The summed E-state index contributed by atoms with van der Waals surface area (Å²) in [6.45, 7) is 2.14. The van der Waals surface area contributed by atoms with Gasteiger partial charge in [-0.3, -0.25) is 4.79 Å². The highest BCUT2D eigenvalue weighted by molar-refractivity contribution is 5.81. The van der Waals surface area contributed by atoms with Crippen LogP contribution in [0.2, 0.25) is 0 Å². The van der Waals surface area contributed by atoms with Crippen LogP contribution in [0.1, 0.15) is 25.1 Å². The number of fused-ring (bicyclic) bond motifs is 1. The second kappa shape index (κ2) is 6.56. The van der Waals surface area contributed by atoms with Gasteiger partial charge < -0.3 is 4.57 Å². The van der Waals surface area contributed by atoms with Gasteiger partial charge in [-0.05, 0) is 44.2 Å². The summed E-state index contributed by atoms with van der Waals surface area (Å²) in [5.74, 6) is 1.13. The number of aryl methyl sites for hydroxylation is 1. The van der Waals surface area contributed by atoms with Crippen LogP contribution in [0.4, 0.5) is 0 Å². The lowest BCUT2D eigenvalue weighted by molar-refractivity contribution is -0.121. The number of amides is 1. The van der Waals surface area contributed by atoms with Gasteiger partial charge in [0.1, 0.15) is 12.4 Å². The van der Waals surface area contributed by atoms with E-state index in [0.717, 1.165) is 36.1 Å². The molecule has 5 heteroatoms. The molecule has 22 heavy (non-hydrogen) atoms. The Bertz CT molecular complexity index is 729. The van der Waals surface area contributed by atoms with Crippen molar-refractivity contribution < 1.29 is 4.79 Å². The number of hydrogen-bond acceptors (Lipinski definition) is 3. The number of nitrogens with one attached hydrogen (secondary N) is 1. The zero-order valence-corrected chi connectivity index (χ0v) is 12.7. The molecule has 0 saturated heterocycles. The van der Waals surface area contributed by atoms with Crippen molar-refractivity contribution in [2.24, 2.45) is 11.0 Å². The summed E-state index contributed by atoms with van der Waals surface area (Å²) in [7, 11) is 0. The summed E-state index contributed by atoms with van der Waals surface area (Å²) in [5, 5.41) is 4.09. The average Bonchev–Trinajstić information content (AvgIpc) is 2.84. The lowest BCUT2D eigenvalue weighted by Crippen LogP contribution is -2.24. The molecule has 0 fully saturated rings. The number of nitrogens with zero attached hydrogens (tertiary/aromatic N) is 3. The van der Waals surface area contributed by atoms with Crippen LogP contribution in [-0.4, -0.2) is 21.7 Å². The van der Waals surface area contributed by atoms with Crippen molar-refractivity contribution in [3.8, 4) is 0 Å². The van der Waals surface area contributed by atoms with Gasteiger partial charge in [0.15, 0.2) is 0 Å². The molecule has 0 aliphatic heterocycles. The number of hydrazone groups is 1. The molecule has 114 valence electrons. The van der Waals surface area contributed by atoms with Crippen LogP contribution in [-0.2, 0) is 11.3 Å². The number of imidazole rings is 1. The van der Waals surface area contributed by atoms with Gasteiger partial charge in [0, 0.05) is 6.21 Å². The molecule has 3 rings (SSSR count). The summed E-state index contributed by atoms with van der Waals surface area (Å²) < 4.78 is 1.91. The molecule has 1 atom stereocenters. The van der Waals surface area contributed by atoms with Crippen molar-refractivity contribution in [1.29, 1.82) is 0 Å². The Balaban J connectivity index is 1.62. The van der Waals surface area contributed by atoms with Gasteiger partial charge in [-0.15, -0.1) is 0 Å². The first-order valence-corrected chi connectivity index (χ1v) is 7.63. The molecule has 0 saturated carbocycles. The van der Waals surface area contributed by atoms with Crippen molar-refractivity contribution in [2.45, 2.75) is 32.7 Å². The van der Waals surface area contributed by atoms with E-state index in [0.29, 0.717) is 5.92 Å². The zero-order valence-electron chi connectivity index (χ0n) is 12.7. The van der Waals surface area contributed by atoms with E-state index in [1.165, 1.54) is 0 Å². The predicted molar refractivity (Wildman–Crippen MR) is 87.6 cm³/mol. The van der Waals surface area contributed by atoms with Crippen LogP contribution in [0.5, 0.6) is 0 Å². The second-order valence-corrected chi connectivity index (χ2v) is 5.59. The first-order valence-electron chi connectivity index (χ1n) is 7.63. The summed E-state index contributed by atoms with van der Waals surface area (Å²) in [6.07, 6.45) is 9.40. The van der Waals surface area contributed by atoms with Crippen molar-refractivity contribution in [1.82, 2.24) is 15.0 Å². The van der Waals surface area contributed by atoms with E-state index < -0.39 is 0 Å². The minimum absolute atomic E-state index is 0.131. The van der Waals surface area contributed by atoms with Crippen LogP contribution in [0, 0.1) is 12.8 Å². The molecule has 1 aliphatic rings. The number of carbonyl (C=O) groups is 1. The average molecular weight is 296 g/mol. The minimum Gasteiger partial charge on any atom is -0.319 e. The number of carbonyl (C=O) groups excluding carboxylic acids is 1. The maximum absolute atomic E-state index is 12.1. The molecule has 1 heterocycles. The quantitative estimate of drug-likeness (QED) is 0.536. The monoisotopic (exact) mass is 296 g/mol. The third-order valence-electron chi connectivity index (χ3n) is 3.93. The Kier molecular flexibility index (Phi) is 4.32. The van der Waals surface area contributed by atoms with E-state index in [9.17, 15) is 4.79 Å². The summed E-state index contributed by atoms with van der Waals surface area (Å²) >= 11 is 0. The topological polar surface area (TPSA) is 59.3 Å². The first-order chi connectivity index (χ1) is 10.7. The molecule has 2 aromatic rings. The molecule has 1 amide bonds. The highest BCUT2D eigenvalue weighted by Gasteiger charge is 2.10. The van der Waals surface area contributed by atoms with E-state index in [2.05, 4.69) is 27.7 Å². The van der Waals surface area contributed by atoms with Crippen LogP contribution in [0.25, 0.3) is 11.0 Å². The lowest BCUT2D eigenvalue weighted by Gasteiger charge is -2.12. The van der Waals surface area contributed by atoms with Gasteiger partial charge in [0.2, 0.25) is 0 Å². The normalized spacial score (nSPS) is 18.1. The summed E-state index contributed by atoms with van der Waals surface area (Å²) in [6, 6.07) is 7.82. The van der Waals surface area contributed by atoms with E-state index >= 15 is 0 Å². The third kappa shape index (κ3) is 3.24. The number of benzene rings is 1. The van der Waals surface area contributed by atoms with E-state index in [4.69, 9.17) is 0 Å². The van der Waals surface area contributed by atoms with Gasteiger partial charge in [-0.25, -0.2) is 10.4 Å². The Labute approximate surface area is 129 Å². The Morgan fingerprint density at radius 3 is 3.14 bits per heavy atom. The highest BCUT2D eigenvalue weighted by Crippen LogP contribution is 2.16. The maximum atomic E-state index is 12.1. The van der Waals surface area contributed by atoms with E-state index in [1.807, 2.05) is 42.0 Å². The number of allylic oxidation sites excluding steroid dienone is 2. The van der Waals surface area contributed by atoms with Crippen LogP contribution in [0.3, 0.4) is 0 Å². The van der Waals surface area contributed by atoms with Gasteiger partial charge in [0.25, 0.3) is 5.91 Å². The molecule has 0 unspecified atom stereocenters.